The van der Waals surface area contributed by atoms with Crippen molar-refractivity contribution in [3.05, 3.63) is 29.3 Å². The van der Waals surface area contributed by atoms with E-state index in [0.29, 0.717) is 13.0 Å². The quantitative estimate of drug-likeness (QED) is 0.807. The molecule has 0 bridgehead atoms. The summed E-state index contributed by atoms with van der Waals surface area (Å²) in [5.41, 5.74) is 2.34. The van der Waals surface area contributed by atoms with Crippen molar-refractivity contribution in [2.45, 2.75) is 39.7 Å². The maximum Gasteiger partial charge on any atom is 0.129 e. The normalized spacial score (nSPS) is 12.2. The second kappa shape index (κ2) is 7.17. The van der Waals surface area contributed by atoms with Crippen molar-refractivity contribution in [2.75, 3.05) is 13.7 Å². The highest BCUT2D eigenvalue weighted by molar-refractivity contribution is 5.75. The van der Waals surface area contributed by atoms with Gasteiger partial charge in [0.2, 0.25) is 0 Å². The summed E-state index contributed by atoms with van der Waals surface area (Å²) in [7, 11) is 1.93. The Hall–Kier alpha value is -1.35. The Morgan fingerprint density at radius 2 is 2.17 bits per heavy atom. The smallest absolute Gasteiger partial charge is 0.129 e. The van der Waals surface area contributed by atoms with E-state index in [4.69, 9.17) is 4.74 Å². The fourth-order valence-electron chi connectivity index (χ4n) is 2.03. The van der Waals surface area contributed by atoms with Gasteiger partial charge in [0.15, 0.2) is 0 Å². The molecule has 3 nitrogen and oxygen atoms in total. The van der Waals surface area contributed by atoms with Crippen LogP contribution in [0.5, 0.6) is 5.75 Å². The number of benzene rings is 1. The Morgan fingerprint density at radius 3 is 2.67 bits per heavy atom. The molecule has 1 rings (SSSR count). The van der Waals surface area contributed by atoms with Crippen LogP contribution in [-0.4, -0.2) is 19.4 Å². The third-order valence-corrected chi connectivity index (χ3v) is 3.03. The van der Waals surface area contributed by atoms with Gasteiger partial charge >= 0.3 is 0 Å². The first kappa shape index (κ1) is 14.7. The van der Waals surface area contributed by atoms with E-state index in [0.717, 1.165) is 17.7 Å². The molecular weight excluding hydrogens is 226 g/mol. The predicted octanol–water partition coefficient (Wildman–Crippen LogP) is 3.02. The van der Waals surface area contributed by atoms with E-state index in [1.807, 2.05) is 27.0 Å². The predicted molar refractivity (Wildman–Crippen MR) is 74.1 cm³/mol. The minimum absolute atomic E-state index is 0.225. The van der Waals surface area contributed by atoms with Crippen LogP contribution in [0.3, 0.4) is 0 Å². The highest BCUT2D eigenvalue weighted by Gasteiger charge is 2.11. The van der Waals surface area contributed by atoms with Gasteiger partial charge in [-0.25, -0.2) is 0 Å². The summed E-state index contributed by atoms with van der Waals surface area (Å²) < 4.78 is 5.53. The van der Waals surface area contributed by atoms with Crippen LogP contribution in [-0.2, 0) is 4.79 Å². The number of Topliss-reactive ketones (excluding diaryl/α,β-unsaturated/α-hetero) is 1. The van der Waals surface area contributed by atoms with Gasteiger partial charge in [-0.15, -0.1) is 0 Å². The van der Waals surface area contributed by atoms with Gasteiger partial charge in [-0.1, -0.05) is 12.1 Å². The summed E-state index contributed by atoms with van der Waals surface area (Å²) in [5, 5.41) is 3.26. The molecule has 0 amide bonds. The molecule has 0 aliphatic carbocycles. The summed E-state index contributed by atoms with van der Waals surface area (Å²) in [6, 6.07) is 6.43. The van der Waals surface area contributed by atoms with Gasteiger partial charge in [0.25, 0.3) is 0 Å². The molecule has 0 spiro atoms. The van der Waals surface area contributed by atoms with E-state index >= 15 is 0 Å². The van der Waals surface area contributed by atoms with Crippen LogP contribution in [0.4, 0.5) is 0 Å². The number of rotatable bonds is 7. The largest absolute Gasteiger partial charge is 0.494 e. The van der Waals surface area contributed by atoms with E-state index in [1.54, 1.807) is 6.92 Å². The molecule has 100 valence electrons. The molecular formula is C15H23NO2. The molecule has 0 radical (unpaired) electrons. The lowest BCUT2D eigenvalue weighted by atomic mass is 9.99. The second-order valence-corrected chi connectivity index (χ2v) is 4.54. The van der Waals surface area contributed by atoms with Crippen LogP contribution in [0.1, 0.15) is 43.9 Å². The SMILES string of the molecule is CCOc1ccc(C(CCC(C)=O)NC)cc1C. The maximum atomic E-state index is 11.1. The fraction of sp³-hybridized carbons (Fsp3) is 0.533. The molecule has 18 heavy (non-hydrogen) atoms. The molecule has 0 aromatic heterocycles. The van der Waals surface area contributed by atoms with Crippen molar-refractivity contribution in [3.63, 3.8) is 0 Å². The Bertz CT molecular complexity index is 401. The number of ketones is 1. The Balaban J connectivity index is 2.80. The van der Waals surface area contributed by atoms with E-state index in [2.05, 4.69) is 17.4 Å². The van der Waals surface area contributed by atoms with Crippen LogP contribution < -0.4 is 10.1 Å². The monoisotopic (exact) mass is 249 g/mol. The Morgan fingerprint density at radius 1 is 1.44 bits per heavy atom. The highest BCUT2D eigenvalue weighted by atomic mass is 16.5. The van der Waals surface area contributed by atoms with E-state index < -0.39 is 0 Å². The molecule has 1 aromatic carbocycles. The van der Waals surface area contributed by atoms with Crippen LogP contribution in [0.25, 0.3) is 0 Å². The van der Waals surface area contributed by atoms with E-state index in [-0.39, 0.29) is 11.8 Å². The van der Waals surface area contributed by atoms with Crippen LogP contribution in [0.2, 0.25) is 0 Å². The number of nitrogens with one attached hydrogen (secondary N) is 1. The van der Waals surface area contributed by atoms with Crippen molar-refractivity contribution < 1.29 is 9.53 Å². The molecule has 1 atom stereocenters. The molecule has 0 saturated carbocycles. The van der Waals surface area contributed by atoms with E-state index in [1.165, 1.54) is 5.56 Å². The number of hydrogen-bond acceptors (Lipinski definition) is 3. The van der Waals surface area contributed by atoms with Gasteiger partial charge < -0.3 is 14.8 Å². The summed E-state index contributed by atoms with van der Waals surface area (Å²) in [6.07, 6.45) is 1.44. The summed E-state index contributed by atoms with van der Waals surface area (Å²) in [5.74, 6) is 1.17. The van der Waals surface area contributed by atoms with Crippen molar-refractivity contribution in [3.8, 4) is 5.75 Å². The average molecular weight is 249 g/mol. The van der Waals surface area contributed by atoms with Gasteiger partial charge in [-0.2, -0.15) is 0 Å². The van der Waals surface area contributed by atoms with Crippen LogP contribution in [0, 0.1) is 6.92 Å². The van der Waals surface area contributed by atoms with Crippen LogP contribution >= 0.6 is 0 Å². The summed E-state index contributed by atoms with van der Waals surface area (Å²) in [6.45, 7) is 6.35. The lowest BCUT2D eigenvalue weighted by Gasteiger charge is -2.17. The molecule has 1 unspecified atom stereocenters. The average Bonchev–Trinajstić information content (AvgIpc) is 2.33. The minimum atomic E-state index is 0.225. The van der Waals surface area contributed by atoms with Crippen molar-refractivity contribution in [2.24, 2.45) is 0 Å². The fourth-order valence-corrected chi connectivity index (χ4v) is 2.03. The number of carbonyl (C=O) groups is 1. The van der Waals surface area contributed by atoms with Crippen molar-refractivity contribution in [1.82, 2.24) is 5.32 Å². The molecule has 0 fully saturated rings. The lowest BCUT2D eigenvalue weighted by molar-refractivity contribution is -0.117. The van der Waals surface area contributed by atoms with Gasteiger partial charge in [0, 0.05) is 12.5 Å². The summed E-state index contributed by atoms with van der Waals surface area (Å²) in [4.78, 5) is 11.1. The zero-order valence-electron chi connectivity index (χ0n) is 11.7. The first-order chi connectivity index (χ1) is 8.58. The van der Waals surface area contributed by atoms with Gasteiger partial charge in [0.05, 0.1) is 6.61 Å². The third kappa shape index (κ3) is 4.15. The first-order valence-electron chi connectivity index (χ1n) is 6.48. The summed E-state index contributed by atoms with van der Waals surface area (Å²) >= 11 is 0. The molecule has 0 aliphatic rings. The second-order valence-electron chi connectivity index (χ2n) is 4.54. The van der Waals surface area contributed by atoms with Gasteiger partial charge in [-0.05, 0) is 51.4 Å². The van der Waals surface area contributed by atoms with Crippen LogP contribution in [0.15, 0.2) is 18.2 Å². The topological polar surface area (TPSA) is 38.3 Å². The minimum Gasteiger partial charge on any atom is -0.494 e. The maximum absolute atomic E-state index is 11.1. The molecule has 0 aliphatic heterocycles. The molecule has 3 heteroatoms. The third-order valence-electron chi connectivity index (χ3n) is 3.03. The standard InChI is InChI=1S/C15H23NO2/c1-5-18-15-9-7-13(10-11(15)2)14(16-4)8-6-12(3)17/h7,9-10,14,16H,5-6,8H2,1-4H3. The zero-order valence-corrected chi connectivity index (χ0v) is 11.7. The van der Waals surface area contributed by atoms with Crippen molar-refractivity contribution >= 4 is 5.78 Å². The number of ether oxygens (including phenoxy) is 1. The molecule has 0 heterocycles. The van der Waals surface area contributed by atoms with Crippen molar-refractivity contribution in [1.29, 1.82) is 0 Å². The van der Waals surface area contributed by atoms with E-state index in [9.17, 15) is 4.79 Å². The zero-order chi connectivity index (χ0) is 13.5. The molecule has 1 N–H and O–H groups in total. The van der Waals surface area contributed by atoms with Gasteiger partial charge in [0.1, 0.15) is 11.5 Å². The number of carbonyl (C=O) groups excluding carboxylic acids is 1. The molecule has 1 aromatic rings. The Kier molecular flexibility index (Phi) is 5.86. The number of hydrogen-bond donors (Lipinski definition) is 1. The Labute approximate surface area is 110 Å². The molecule has 0 saturated heterocycles. The highest BCUT2D eigenvalue weighted by Crippen LogP contribution is 2.25. The lowest BCUT2D eigenvalue weighted by Crippen LogP contribution is -2.17. The first-order valence-corrected chi connectivity index (χ1v) is 6.48. The van der Waals surface area contributed by atoms with Gasteiger partial charge in [-0.3, -0.25) is 0 Å². The number of aryl methyl sites for hydroxylation is 1.